The normalized spacial score (nSPS) is 14.9. The SMILES string of the molecule is NNC(c1ccc(Cl)nc1)c1ccc2c(c1)OCCO2. The van der Waals surface area contributed by atoms with Gasteiger partial charge < -0.3 is 9.47 Å². The van der Waals surface area contributed by atoms with E-state index in [0.29, 0.717) is 18.4 Å². The Morgan fingerprint density at radius 3 is 2.55 bits per heavy atom. The molecule has 3 N–H and O–H groups in total. The van der Waals surface area contributed by atoms with Gasteiger partial charge in [-0.3, -0.25) is 5.84 Å². The molecule has 3 rings (SSSR count). The van der Waals surface area contributed by atoms with Crippen LogP contribution in [0.4, 0.5) is 0 Å². The van der Waals surface area contributed by atoms with E-state index in [2.05, 4.69) is 10.4 Å². The molecule has 1 aliphatic heterocycles. The van der Waals surface area contributed by atoms with Crippen molar-refractivity contribution in [3.8, 4) is 11.5 Å². The van der Waals surface area contributed by atoms with E-state index in [-0.39, 0.29) is 6.04 Å². The Hall–Kier alpha value is -1.82. The molecule has 0 fully saturated rings. The van der Waals surface area contributed by atoms with Crippen LogP contribution < -0.4 is 20.7 Å². The predicted molar refractivity (Wildman–Crippen MR) is 75.8 cm³/mol. The van der Waals surface area contributed by atoms with E-state index in [1.807, 2.05) is 24.3 Å². The molecule has 2 aromatic rings. The van der Waals surface area contributed by atoms with Crippen LogP contribution in [0.1, 0.15) is 17.2 Å². The number of nitrogens with zero attached hydrogens (tertiary/aromatic N) is 1. The number of benzene rings is 1. The average Bonchev–Trinajstić information content (AvgIpc) is 2.50. The van der Waals surface area contributed by atoms with Gasteiger partial charge in [-0.25, -0.2) is 10.4 Å². The number of fused-ring (bicyclic) bond motifs is 1. The lowest BCUT2D eigenvalue weighted by Crippen LogP contribution is -2.29. The van der Waals surface area contributed by atoms with E-state index in [0.717, 1.165) is 22.6 Å². The summed E-state index contributed by atoms with van der Waals surface area (Å²) in [4.78, 5) is 4.07. The zero-order chi connectivity index (χ0) is 13.9. The summed E-state index contributed by atoms with van der Waals surface area (Å²) in [5, 5.41) is 0.451. The van der Waals surface area contributed by atoms with Gasteiger partial charge in [-0.15, -0.1) is 0 Å². The van der Waals surface area contributed by atoms with E-state index in [1.165, 1.54) is 0 Å². The van der Waals surface area contributed by atoms with E-state index < -0.39 is 0 Å². The van der Waals surface area contributed by atoms with Crippen molar-refractivity contribution in [2.75, 3.05) is 13.2 Å². The van der Waals surface area contributed by atoms with Gasteiger partial charge in [0.2, 0.25) is 0 Å². The van der Waals surface area contributed by atoms with Crippen molar-refractivity contribution >= 4 is 11.6 Å². The zero-order valence-electron chi connectivity index (χ0n) is 10.7. The molecule has 20 heavy (non-hydrogen) atoms. The van der Waals surface area contributed by atoms with Crippen LogP contribution in [0.15, 0.2) is 36.5 Å². The summed E-state index contributed by atoms with van der Waals surface area (Å²) < 4.78 is 11.1. The Balaban J connectivity index is 1.94. The molecule has 2 heterocycles. The lowest BCUT2D eigenvalue weighted by atomic mass is 10.0. The smallest absolute Gasteiger partial charge is 0.161 e. The first-order valence-electron chi connectivity index (χ1n) is 6.25. The third-order valence-electron chi connectivity index (χ3n) is 3.15. The number of aromatic nitrogens is 1. The molecule has 1 aliphatic rings. The number of hydrogen-bond donors (Lipinski definition) is 2. The van der Waals surface area contributed by atoms with Gasteiger partial charge >= 0.3 is 0 Å². The van der Waals surface area contributed by atoms with Crippen molar-refractivity contribution in [2.24, 2.45) is 5.84 Å². The van der Waals surface area contributed by atoms with Crippen LogP contribution in [0.3, 0.4) is 0 Å². The van der Waals surface area contributed by atoms with Gasteiger partial charge in [-0.05, 0) is 29.3 Å². The number of rotatable bonds is 3. The lowest BCUT2D eigenvalue weighted by Gasteiger charge is -2.22. The molecule has 1 unspecified atom stereocenters. The highest BCUT2D eigenvalue weighted by atomic mass is 35.5. The van der Waals surface area contributed by atoms with Crippen molar-refractivity contribution < 1.29 is 9.47 Å². The minimum atomic E-state index is -0.185. The Labute approximate surface area is 121 Å². The summed E-state index contributed by atoms with van der Waals surface area (Å²) >= 11 is 5.80. The Bertz CT molecular complexity index is 604. The summed E-state index contributed by atoms with van der Waals surface area (Å²) in [7, 11) is 0. The topological polar surface area (TPSA) is 69.4 Å². The molecule has 1 aromatic carbocycles. The van der Waals surface area contributed by atoms with Crippen LogP contribution >= 0.6 is 11.6 Å². The van der Waals surface area contributed by atoms with Gasteiger partial charge in [0.05, 0.1) is 6.04 Å². The summed E-state index contributed by atoms with van der Waals surface area (Å²) in [5.41, 5.74) is 4.68. The van der Waals surface area contributed by atoms with Crippen molar-refractivity contribution in [1.82, 2.24) is 10.4 Å². The first-order chi connectivity index (χ1) is 9.78. The Morgan fingerprint density at radius 2 is 1.85 bits per heavy atom. The highest BCUT2D eigenvalue weighted by Crippen LogP contribution is 2.34. The molecule has 5 nitrogen and oxygen atoms in total. The fourth-order valence-electron chi connectivity index (χ4n) is 2.18. The molecule has 0 saturated heterocycles. The van der Waals surface area contributed by atoms with Crippen LogP contribution in [0, 0.1) is 0 Å². The molecular formula is C14H14ClN3O2. The third-order valence-corrected chi connectivity index (χ3v) is 3.37. The molecule has 104 valence electrons. The highest BCUT2D eigenvalue weighted by Gasteiger charge is 2.17. The van der Waals surface area contributed by atoms with E-state index >= 15 is 0 Å². The second-order valence-corrected chi connectivity index (χ2v) is 4.80. The number of nitrogens with two attached hydrogens (primary N) is 1. The Morgan fingerprint density at radius 1 is 1.10 bits per heavy atom. The summed E-state index contributed by atoms with van der Waals surface area (Å²) in [5.74, 6) is 7.16. The maximum Gasteiger partial charge on any atom is 0.161 e. The molecule has 0 amide bonds. The van der Waals surface area contributed by atoms with Crippen LogP contribution in [0.25, 0.3) is 0 Å². The van der Waals surface area contributed by atoms with E-state index in [4.69, 9.17) is 26.9 Å². The molecular weight excluding hydrogens is 278 g/mol. The minimum absolute atomic E-state index is 0.185. The maximum absolute atomic E-state index is 5.80. The highest BCUT2D eigenvalue weighted by molar-refractivity contribution is 6.29. The predicted octanol–water partition coefficient (Wildman–Crippen LogP) is 2.06. The summed E-state index contributed by atoms with van der Waals surface area (Å²) in [6, 6.07) is 9.20. The lowest BCUT2D eigenvalue weighted by molar-refractivity contribution is 0.171. The van der Waals surface area contributed by atoms with Gasteiger partial charge in [0.1, 0.15) is 18.4 Å². The monoisotopic (exact) mass is 291 g/mol. The van der Waals surface area contributed by atoms with E-state index in [9.17, 15) is 0 Å². The molecule has 1 aromatic heterocycles. The van der Waals surface area contributed by atoms with Crippen LogP contribution in [-0.4, -0.2) is 18.2 Å². The Kier molecular flexibility index (Phi) is 3.73. The number of nitrogens with one attached hydrogen (secondary N) is 1. The standard InChI is InChI=1S/C14H14ClN3O2/c15-13-4-2-10(8-17-13)14(18-16)9-1-3-11-12(7-9)20-6-5-19-11/h1-4,7-8,14,18H,5-6,16H2. The second-order valence-electron chi connectivity index (χ2n) is 4.42. The van der Waals surface area contributed by atoms with Gasteiger partial charge in [-0.2, -0.15) is 0 Å². The van der Waals surface area contributed by atoms with Crippen molar-refractivity contribution in [3.05, 3.63) is 52.8 Å². The zero-order valence-corrected chi connectivity index (χ0v) is 11.4. The minimum Gasteiger partial charge on any atom is -0.486 e. The van der Waals surface area contributed by atoms with Crippen LogP contribution in [0.5, 0.6) is 11.5 Å². The van der Waals surface area contributed by atoms with Gasteiger partial charge in [-0.1, -0.05) is 23.7 Å². The van der Waals surface area contributed by atoms with Gasteiger partial charge in [0.15, 0.2) is 11.5 Å². The third kappa shape index (κ3) is 2.56. The van der Waals surface area contributed by atoms with Gasteiger partial charge in [0, 0.05) is 6.20 Å². The number of hydrogen-bond acceptors (Lipinski definition) is 5. The molecule has 6 heteroatoms. The quantitative estimate of drug-likeness (QED) is 0.515. The molecule has 0 saturated carbocycles. The largest absolute Gasteiger partial charge is 0.486 e. The molecule has 1 atom stereocenters. The fourth-order valence-corrected chi connectivity index (χ4v) is 2.29. The van der Waals surface area contributed by atoms with E-state index in [1.54, 1.807) is 12.3 Å². The average molecular weight is 292 g/mol. The summed E-state index contributed by atoms with van der Waals surface area (Å²) in [6.07, 6.45) is 1.70. The second kappa shape index (κ2) is 5.66. The van der Waals surface area contributed by atoms with Crippen molar-refractivity contribution in [1.29, 1.82) is 0 Å². The van der Waals surface area contributed by atoms with Crippen LogP contribution in [-0.2, 0) is 0 Å². The number of halogens is 1. The van der Waals surface area contributed by atoms with Crippen LogP contribution in [0.2, 0.25) is 5.15 Å². The molecule has 0 aliphatic carbocycles. The molecule has 0 bridgehead atoms. The number of hydrazine groups is 1. The molecule has 0 spiro atoms. The summed E-state index contributed by atoms with van der Waals surface area (Å²) in [6.45, 7) is 1.13. The first kappa shape index (κ1) is 13.2. The number of ether oxygens (including phenoxy) is 2. The molecule has 0 radical (unpaired) electrons. The van der Waals surface area contributed by atoms with Crippen molar-refractivity contribution in [3.63, 3.8) is 0 Å². The number of pyridine rings is 1. The van der Waals surface area contributed by atoms with Crippen molar-refractivity contribution in [2.45, 2.75) is 6.04 Å². The fraction of sp³-hybridized carbons (Fsp3) is 0.214. The maximum atomic E-state index is 5.80. The van der Waals surface area contributed by atoms with Gasteiger partial charge in [0.25, 0.3) is 0 Å². The first-order valence-corrected chi connectivity index (χ1v) is 6.63.